The standard InChI is InChI=1S/C70H42N4/c71-43-45-37-40-61(73-59-35-19-15-31-54(59)64-62(73)41-38-52-50-29-13-17-33-57(50)69(66(52)64,46-21-5-1-6-22-46)47-23-7-2-8-24-47)56(44-72)68(45)74-60-36-20-16-32-55(60)65-63(74)42-39-53-51-30-14-18-34-58(51)70(67(53)65,48-25-9-3-10-26-48)49-27-11-4-12-28-49/h1-42H. The zero-order valence-electron chi connectivity index (χ0n) is 40.0. The van der Waals surface area contributed by atoms with Gasteiger partial charge in [-0.3, -0.25) is 0 Å². The zero-order valence-corrected chi connectivity index (χ0v) is 40.0. The molecule has 2 aliphatic carbocycles. The van der Waals surface area contributed by atoms with Crippen LogP contribution in [-0.2, 0) is 10.8 Å². The van der Waals surface area contributed by atoms with E-state index in [0.717, 1.165) is 43.6 Å². The first kappa shape index (κ1) is 41.8. The first-order valence-corrected chi connectivity index (χ1v) is 25.2. The predicted molar refractivity (Wildman–Crippen MR) is 299 cm³/mol. The van der Waals surface area contributed by atoms with Crippen LogP contribution >= 0.6 is 0 Å². The molecular weight excluding hydrogens is 897 g/mol. The summed E-state index contributed by atoms with van der Waals surface area (Å²) >= 11 is 0. The van der Waals surface area contributed by atoms with Gasteiger partial charge in [-0.15, -0.1) is 0 Å². The van der Waals surface area contributed by atoms with Crippen molar-refractivity contribution in [2.24, 2.45) is 0 Å². The van der Waals surface area contributed by atoms with Crippen LogP contribution in [0.2, 0.25) is 0 Å². The maximum Gasteiger partial charge on any atom is 0.104 e. The lowest BCUT2D eigenvalue weighted by molar-refractivity contribution is 0.776. The minimum atomic E-state index is -0.682. The summed E-state index contributed by atoms with van der Waals surface area (Å²) in [6.07, 6.45) is 0. The Morgan fingerprint density at radius 1 is 0.311 bits per heavy atom. The van der Waals surface area contributed by atoms with Gasteiger partial charge in [-0.2, -0.15) is 10.5 Å². The lowest BCUT2D eigenvalue weighted by Crippen LogP contribution is -2.28. The van der Waals surface area contributed by atoms with Gasteiger partial charge in [0.1, 0.15) is 17.7 Å². The highest BCUT2D eigenvalue weighted by Crippen LogP contribution is 2.61. The van der Waals surface area contributed by atoms with Crippen molar-refractivity contribution in [3.63, 3.8) is 0 Å². The fourth-order valence-corrected chi connectivity index (χ4v) is 13.7. The van der Waals surface area contributed by atoms with Gasteiger partial charge in [0.05, 0.1) is 49.8 Å². The van der Waals surface area contributed by atoms with E-state index in [1.807, 2.05) is 12.1 Å². The largest absolute Gasteiger partial charge is 0.308 e. The topological polar surface area (TPSA) is 57.4 Å². The van der Waals surface area contributed by atoms with Crippen molar-refractivity contribution in [2.75, 3.05) is 0 Å². The second-order valence-corrected chi connectivity index (χ2v) is 19.6. The smallest absolute Gasteiger partial charge is 0.104 e. The van der Waals surface area contributed by atoms with Crippen LogP contribution in [0.3, 0.4) is 0 Å². The second-order valence-electron chi connectivity index (χ2n) is 19.6. The van der Waals surface area contributed by atoms with Crippen molar-refractivity contribution in [1.82, 2.24) is 9.13 Å². The molecule has 0 fully saturated rings. The number of nitriles is 2. The molecule has 0 radical (unpaired) electrons. The Labute approximate surface area is 428 Å². The van der Waals surface area contributed by atoms with Gasteiger partial charge < -0.3 is 9.13 Å². The number of fused-ring (bicyclic) bond motifs is 14. The summed E-state index contributed by atoms with van der Waals surface area (Å²) in [5.41, 5.74) is 18.9. The van der Waals surface area contributed by atoms with E-state index >= 15 is 0 Å². The molecule has 4 nitrogen and oxygen atoms in total. The van der Waals surface area contributed by atoms with Gasteiger partial charge in [-0.1, -0.05) is 218 Å². The molecule has 0 N–H and O–H groups in total. The van der Waals surface area contributed by atoms with E-state index in [1.54, 1.807) is 0 Å². The quantitative estimate of drug-likeness (QED) is 0.167. The van der Waals surface area contributed by atoms with Crippen LogP contribution in [-0.4, -0.2) is 9.13 Å². The maximum atomic E-state index is 11.9. The van der Waals surface area contributed by atoms with Crippen LogP contribution in [0, 0.1) is 22.7 Å². The number of rotatable bonds is 6. The molecule has 4 heteroatoms. The van der Waals surface area contributed by atoms with Gasteiger partial charge in [0.2, 0.25) is 0 Å². The van der Waals surface area contributed by atoms with Crippen molar-refractivity contribution in [2.45, 2.75) is 10.8 Å². The molecule has 0 unspecified atom stereocenters. The molecule has 342 valence electrons. The molecule has 0 amide bonds. The van der Waals surface area contributed by atoms with Crippen LogP contribution in [0.5, 0.6) is 0 Å². The third kappa shape index (κ3) is 5.28. The summed E-state index contributed by atoms with van der Waals surface area (Å²) in [7, 11) is 0. The summed E-state index contributed by atoms with van der Waals surface area (Å²) < 4.78 is 4.48. The Morgan fingerprint density at radius 2 is 0.703 bits per heavy atom. The van der Waals surface area contributed by atoms with Gasteiger partial charge in [0.15, 0.2) is 0 Å². The van der Waals surface area contributed by atoms with E-state index in [2.05, 4.69) is 264 Å². The molecular formula is C70H42N4. The highest BCUT2D eigenvalue weighted by molar-refractivity contribution is 6.17. The predicted octanol–water partition coefficient (Wildman–Crippen LogP) is 16.4. The van der Waals surface area contributed by atoms with Crippen molar-refractivity contribution in [3.05, 3.63) is 310 Å². The Bertz CT molecular complexity index is 4470. The van der Waals surface area contributed by atoms with E-state index in [9.17, 15) is 10.5 Å². The molecule has 11 aromatic carbocycles. The van der Waals surface area contributed by atoms with Crippen molar-refractivity contribution in [1.29, 1.82) is 10.5 Å². The van der Waals surface area contributed by atoms with E-state index in [0.29, 0.717) is 22.5 Å². The lowest BCUT2D eigenvalue weighted by atomic mass is 9.67. The molecule has 0 aliphatic heterocycles. The third-order valence-electron chi connectivity index (χ3n) is 16.3. The Kier molecular flexibility index (Phi) is 8.89. The highest BCUT2D eigenvalue weighted by atomic mass is 15.0. The average Bonchev–Trinajstić information content (AvgIpc) is 4.24. The molecule has 2 aliphatic rings. The van der Waals surface area contributed by atoms with Gasteiger partial charge in [0.25, 0.3) is 0 Å². The minimum Gasteiger partial charge on any atom is -0.308 e. The van der Waals surface area contributed by atoms with Gasteiger partial charge in [-0.25, -0.2) is 0 Å². The average molecular weight is 939 g/mol. The Morgan fingerprint density at radius 3 is 1.15 bits per heavy atom. The number of para-hydroxylation sites is 2. The van der Waals surface area contributed by atoms with Gasteiger partial charge in [-0.05, 0) is 103 Å². The third-order valence-corrected chi connectivity index (χ3v) is 16.3. The molecule has 74 heavy (non-hydrogen) atoms. The molecule has 0 bridgehead atoms. The fourth-order valence-electron chi connectivity index (χ4n) is 13.7. The normalized spacial score (nSPS) is 13.6. The maximum absolute atomic E-state index is 11.9. The number of hydrogen-bond acceptors (Lipinski definition) is 2. The second kappa shape index (κ2) is 15.7. The molecule has 2 aromatic heterocycles. The first-order valence-electron chi connectivity index (χ1n) is 25.2. The number of nitrogens with zero attached hydrogens (tertiary/aromatic N) is 4. The molecule has 0 atom stereocenters. The van der Waals surface area contributed by atoms with Crippen molar-refractivity contribution in [3.8, 4) is 45.8 Å². The van der Waals surface area contributed by atoms with Crippen LogP contribution in [0.15, 0.2) is 255 Å². The number of aromatic nitrogens is 2. The monoisotopic (exact) mass is 938 g/mol. The fraction of sp³-hybridized carbons (Fsp3) is 0.0286. The summed E-state index contributed by atoms with van der Waals surface area (Å²) in [4.78, 5) is 0. The first-order chi connectivity index (χ1) is 36.7. The molecule has 15 rings (SSSR count). The summed E-state index contributed by atoms with van der Waals surface area (Å²) in [5.74, 6) is 0. The van der Waals surface area contributed by atoms with Gasteiger partial charge in [0, 0.05) is 21.5 Å². The molecule has 0 spiro atoms. The number of benzene rings is 11. The van der Waals surface area contributed by atoms with Crippen LogP contribution in [0.25, 0.3) is 77.2 Å². The lowest BCUT2D eigenvalue weighted by Gasteiger charge is -2.34. The van der Waals surface area contributed by atoms with E-state index in [1.165, 1.54) is 66.8 Å². The van der Waals surface area contributed by atoms with E-state index in [4.69, 9.17) is 0 Å². The highest BCUT2D eigenvalue weighted by Gasteiger charge is 2.49. The van der Waals surface area contributed by atoms with Crippen LogP contribution in [0.1, 0.15) is 55.6 Å². The minimum absolute atomic E-state index is 0.414. The summed E-state index contributed by atoms with van der Waals surface area (Å²) in [6.45, 7) is 0. The van der Waals surface area contributed by atoms with E-state index < -0.39 is 10.8 Å². The molecule has 2 heterocycles. The summed E-state index contributed by atoms with van der Waals surface area (Å²) in [5, 5.41) is 27.6. The molecule has 0 saturated carbocycles. The number of hydrogen-bond donors (Lipinski definition) is 0. The Balaban J connectivity index is 1.06. The van der Waals surface area contributed by atoms with Crippen molar-refractivity contribution < 1.29 is 0 Å². The molecule has 13 aromatic rings. The zero-order chi connectivity index (χ0) is 49.1. The van der Waals surface area contributed by atoms with Crippen LogP contribution in [0.4, 0.5) is 0 Å². The van der Waals surface area contributed by atoms with Crippen molar-refractivity contribution >= 4 is 43.6 Å². The SMILES string of the molecule is N#Cc1ccc(-n2c3ccccc3c3c4c(ccc32)-c2ccccc2C4(c2ccccc2)c2ccccc2)c(C#N)c1-n1c2ccccc2c2c3c(ccc21)-c1ccccc1C3(c1ccccc1)c1ccccc1. The molecule has 0 saturated heterocycles. The summed E-state index contributed by atoms with van der Waals surface area (Å²) in [6, 6.07) is 96.6. The van der Waals surface area contributed by atoms with E-state index in [-0.39, 0.29) is 0 Å². The van der Waals surface area contributed by atoms with Gasteiger partial charge >= 0.3 is 0 Å². The van der Waals surface area contributed by atoms with Crippen LogP contribution < -0.4 is 0 Å². The Hall–Kier alpha value is -10.0.